The first-order chi connectivity index (χ1) is 9.92. The van der Waals surface area contributed by atoms with Crippen molar-refractivity contribution < 1.29 is 13.2 Å². The van der Waals surface area contributed by atoms with E-state index in [2.05, 4.69) is 15.5 Å². The molecule has 0 saturated heterocycles. The summed E-state index contributed by atoms with van der Waals surface area (Å²) in [6.07, 6.45) is 1.63. The van der Waals surface area contributed by atoms with Gasteiger partial charge in [0, 0.05) is 12.8 Å². The summed E-state index contributed by atoms with van der Waals surface area (Å²) in [5, 5.41) is 11.5. The zero-order valence-corrected chi connectivity index (χ0v) is 12.7. The van der Waals surface area contributed by atoms with E-state index >= 15 is 0 Å². The molecular formula is C12H17N5O3S. The third-order valence-corrected chi connectivity index (χ3v) is 3.94. The van der Waals surface area contributed by atoms with Crippen molar-refractivity contribution in [1.29, 1.82) is 0 Å². The Morgan fingerprint density at radius 3 is 2.81 bits per heavy atom. The number of hydrogen-bond acceptors (Lipinski definition) is 7. The fourth-order valence-electron chi connectivity index (χ4n) is 1.98. The third kappa shape index (κ3) is 3.69. The van der Waals surface area contributed by atoms with E-state index < -0.39 is 9.84 Å². The molecule has 1 heterocycles. The minimum Gasteiger partial charge on any atom is -0.494 e. The average molecular weight is 311 g/mol. The highest BCUT2D eigenvalue weighted by molar-refractivity contribution is 7.90. The zero-order chi connectivity index (χ0) is 15.5. The number of nitrogens with two attached hydrogens (primary N) is 1. The van der Waals surface area contributed by atoms with Gasteiger partial charge in [0.25, 0.3) is 0 Å². The molecule has 0 aliphatic carbocycles. The number of ether oxygens (including phenoxy) is 1. The van der Waals surface area contributed by atoms with Crippen LogP contribution in [0.3, 0.4) is 0 Å². The van der Waals surface area contributed by atoms with E-state index in [1.807, 2.05) is 0 Å². The fourth-order valence-corrected chi connectivity index (χ4v) is 2.64. The van der Waals surface area contributed by atoms with Crippen LogP contribution in [0.5, 0.6) is 5.75 Å². The molecule has 2 aromatic rings. The Morgan fingerprint density at radius 1 is 1.38 bits per heavy atom. The quantitative estimate of drug-likeness (QED) is 0.766. The van der Waals surface area contributed by atoms with E-state index in [0.717, 1.165) is 0 Å². The van der Waals surface area contributed by atoms with Crippen molar-refractivity contribution in [2.24, 2.45) is 0 Å². The minimum atomic E-state index is -3.00. The Bertz CT molecular complexity index is 726. The molecule has 0 bridgehead atoms. The van der Waals surface area contributed by atoms with Crippen LogP contribution < -0.4 is 10.5 Å². The number of anilines is 1. The molecule has 1 aromatic heterocycles. The minimum absolute atomic E-state index is 0.0837. The van der Waals surface area contributed by atoms with Crippen molar-refractivity contribution in [2.45, 2.75) is 13.0 Å². The van der Waals surface area contributed by atoms with Gasteiger partial charge in [0.15, 0.2) is 11.6 Å². The van der Waals surface area contributed by atoms with Crippen LogP contribution in [0.4, 0.5) is 5.69 Å². The summed E-state index contributed by atoms with van der Waals surface area (Å²) >= 11 is 0. The van der Waals surface area contributed by atoms with Crippen LogP contribution in [0.25, 0.3) is 11.4 Å². The summed E-state index contributed by atoms with van der Waals surface area (Å²) < 4.78 is 29.2. The predicted octanol–water partition coefficient (Wildman–Crippen LogP) is 0.366. The molecule has 0 fully saturated rings. The number of aryl methyl sites for hydroxylation is 1. The van der Waals surface area contributed by atoms with Gasteiger partial charge in [-0.1, -0.05) is 6.07 Å². The lowest BCUT2D eigenvalue weighted by molar-refractivity contribution is 0.417. The van der Waals surface area contributed by atoms with Gasteiger partial charge in [0.1, 0.15) is 9.84 Å². The molecule has 114 valence electrons. The normalized spacial score (nSPS) is 11.5. The third-order valence-electron chi connectivity index (χ3n) is 2.91. The van der Waals surface area contributed by atoms with Crippen LogP contribution in [0, 0.1) is 0 Å². The molecule has 0 spiro atoms. The molecule has 0 aliphatic heterocycles. The molecule has 0 unspecified atom stereocenters. The first-order valence-corrected chi connectivity index (χ1v) is 8.35. The molecular weight excluding hydrogens is 294 g/mol. The number of nitrogen functional groups attached to an aromatic ring is 1. The average Bonchev–Trinajstić information content (AvgIpc) is 2.85. The molecule has 9 heteroatoms. The Morgan fingerprint density at radius 2 is 2.14 bits per heavy atom. The lowest BCUT2D eigenvalue weighted by Gasteiger charge is -2.10. The fraction of sp³-hybridized carbons (Fsp3) is 0.417. The highest BCUT2D eigenvalue weighted by Crippen LogP contribution is 2.33. The van der Waals surface area contributed by atoms with Crippen molar-refractivity contribution in [3.63, 3.8) is 0 Å². The van der Waals surface area contributed by atoms with E-state index in [1.54, 1.807) is 22.9 Å². The van der Waals surface area contributed by atoms with Gasteiger partial charge in [-0.3, -0.25) is 0 Å². The van der Waals surface area contributed by atoms with Crippen LogP contribution in [0.2, 0.25) is 0 Å². The number of benzene rings is 1. The van der Waals surface area contributed by atoms with Crippen molar-refractivity contribution in [3.05, 3.63) is 18.2 Å². The van der Waals surface area contributed by atoms with Crippen molar-refractivity contribution in [3.8, 4) is 17.1 Å². The molecule has 0 radical (unpaired) electrons. The summed E-state index contributed by atoms with van der Waals surface area (Å²) in [7, 11) is -1.48. The lowest BCUT2D eigenvalue weighted by atomic mass is 10.1. The molecule has 0 aliphatic rings. The predicted molar refractivity (Wildman–Crippen MR) is 78.5 cm³/mol. The number of nitrogens with zero attached hydrogens (tertiary/aromatic N) is 4. The molecule has 2 rings (SSSR count). The zero-order valence-electron chi connectivity index (χ0n) is 11.9. The lowest BCUT2D eigenvalue weighted by Crippen LogP contribution is -2.10. The van der Waals surface area contributed by atoms with Gasteiger partial charge in [-0.25, -0.2) is 13.1 Å². The van der Waals surface area contributed by atoms with Crippen molar-refractivity contribution >= 4 is 15.5 Å². The van der Waals surface area contributed by atoms with E-state index in [1.165, 1.54) is 13.4 Å². The van der Waals surface area contributed by atoms with E-state index in [4.69, 9.17) is 10.5 Å². The highest BCUT2D eigenvalue weighted by Gasteiger charge is 2.16. The summed E-state index contributed by atoms with van der Waals surface area (Å²) in [6.45, 7) is 0.396. The second kappa shape index (κ2) is 6.08. The Kier molecular flexibility index (Phi) is 4.41. The number of aromatic nitrogens is 4. The molecule has 8 nitrogen and oxygen atoms in total. The first-order valence-electron chi connectivity index (χ1n) is 6.29. The summed E-state index contributed by atoms with van der Waals surface area (Å²) in [6, 6.07) is 5.30. The van der Waals surface area contributed by atoms with E-state index in [-0.39, 0.29) is 5.75 Å². The molecule has 0 amide bonds. The maximum Gasteiger partial charge on any atom is 0.185 e. The van der Waals surface area contributed by atoms with Gasteiger partial charge in [-0.05, 0) is 29.0 Å². The van der Waals surface area contributed by atoms with E-state index in [9.17, 15) is 8.42 Å². The van der Waals surface area contributed by atoms with Crippen molar-refractivity contribution in [1.82, 2.24) is 20.2 Å². The second-order valence-electron chi connectivity index (χ2n) is 4.64. The maximum atomic E-state index is 11.2. The number of sulfone groups is 1. The molecule has 21 heavy (non-hydrogen) atoms. The first kappa shape index (κ1) is 15.2. The van der Waals surface area contributed by atoms with Gasteiger partial charge in [0.05, 0.1) is 24.1 Å². The molecule has 0 saturated carbocycles. The van der Waals surface area contributed by atoms with Crippen LogP contribution >= 0.6 is 0 Å². The van der Waals surface area contributed by atoms with Crippen molar-refractivity contribution in [2.75, 3.05) is 24.9 Å². The Hall–Kier alpha value is -2.16. The molecule has 0 atom stereocenters. The van der Waals surface area contributed by atoms with E-state index in [0.29, 0.717) is 35.8 Å². The topological polar surface area (TPSA) is 113 Å². The van der Waals surface area contributed by atoms with Gasteiger partial charge in [-0.2, -0.15) is 0 Å². The number of rotatable bonds is 6. The summed E-state index contributed by atoms with van der Waals surface area (Å²) in [4.78, 5) is 0. The summed E-state index contributed by atoms with van der Waals surface area (Å²) in [5.41, 5.74) is 7.02. The Balaban J connectivity index is 2.27. The van der Waals surface area contributed by atoms with Gasteiger partial charge in [-0.15, -0.1) is 5.10 Å². The number of hydrogen-bond donors (Lipinski definition) is 1. The number of methoxy groups -OCH3 is 1. The maximum absolute atomic E-state index is 11.2. The largest absolute Gasteiger partial charge is 0.494 e. The number of para-hydroxylation sites is 1. The summed E-state index contributed by atoms with van der Waals surface area (Å²) in [5.74, 6) is 1.07. The second-order valence-corrected chi connectivity index (χ2v) is 6.90. The van der Waals surface area contributed by atoms with Gasteiger partial charge in [0.2, 0.25) is 0 Å². The van der Waals surface area contributed by atoms with Gasteiger partial charge < -0.3 is 10.5 Å². The SMILES string of the molecule is COc1c(N)cccc1-c1nnnn1CCCS(C)(=O)=O. The van der Waals surface area contributed by atoms with Crippen LogP contribution in [0.15, 0.2) is 18.2 Å². The standard InChI is InChI=1S/C12H17N5O3S/c1-20-11-9(5-3-6-10(11)13)12-14-15-16-17(12)7-4-8-21(2,18)19/h3,5-6H,4,7-8,13H2,1-2H3. The van der Waals surface area contributed by atoms with Crippen LogP contribution in [-0.2, 0) is 16.4 Å². The van der Waals surface area contributed by atoms with Crippen LogP contribution in [0.1, 0.15) is 6.42 Å². The van der Waals surface area contributed by atoms with Gasteiger partial charge >= 0.3 is 0 Å². The smallest absolute Gasteiger partial charge is 0.185 e. The Labute approximate surface area is 122 Å². The monoisotopic (exact) mass is 311 g/mol. The molecule has 1 aromatic carbocycles. The highest BCUT2D eigenvalue weighted by atomic mass is 32.2. The number of tetrazole rings is 1. The molecule has 2 N–H and O–H groups in total. The van der Waals surface area contributed by atoms with Crippen LogP contribution in [-0.4, -0.2) is 47.7 Å².